The highest BCUT2D eigenvalue weighted by Crippen LogP contribution is 2.27. The van der Waals surface area contributed by atoms with E-state index in [0.29, 0.717) is 9.15 Å². The molecule has 0 saturated heterocycles. The molecule has 10 heteroatoms. The molecule has 1 heterocycles. The minimum Gasteiger partial charge on any atom is -0.507 e. The van der Waals surface area contributed by atoms with Gasteiger partial charge < -0.3 is 5.11 Å². The number of alkyl halides is 3. The first-order valence-electron chi connectivity index (χ1n) is 5.06. The first-order valence-corrected chi connectivity index (χ1v) is 6.26. The molecule has 2 aromatic rings. The van der Waals surface area contributed by atoms with E-state index in [9.17, 15) is 18.3 Å². The number of hydrogen-bond donors (Lipinski definition) is 2. The summed E-state index contributed by atoms with van der Waals surface area (Å²) in [6.07, 6.45) is -3.63. The van der Waals surface area contributed by atoms with Crippen molar-refractivity contribution in [1.29, 1.82) is 0 Å². The van der Waals surface area contributed by atoms with Crippen LogP contribution >= 0.6 is 28.1 Å². The number of rotatable bonds is 2. The Morgan fingerprint density at radius 2 is 2.15 bits per heavy atom. The first-order chi connectivity index (χ1) is 9.29. The molecule has 5 nitrogen and oxygen atoms in total. The van der Waals surface area contributed by atoms with Crippen molar-refractivity contribution in [1.82, 2.24) is 14.9 Å². The lowest BCUT2D eigenvalue weighted by atomic mass is 10.2. The minimum absolute atomic E-state index is 0.125. The highest BCUT2D eigenvalue weighted by Gasteiger charge is 2.37. The Hall–Kier alpha value is -1.68. The van der Waals surface area contributed by atoms with E-state index in [1.54, 1.807) is 6.07 Å². The van der Waals surface area contributed by atoms with Crippen LogP contribution in [0, 0.1) is 4.77 Å². The molecule has 2 N–H and O–H groups in total. The maximum Gasteiger partial charge on any atom is 0.453 e. The number of phenols is 1. The third kappa shape index (κ3) is 3.07. The van der Waals surface area contributed by atoms with Gasteiger partial charge in [0.15, 0.2) is 0 Å². The molecular formula is C10H6BrF3N4OS. The summed E-state index contributed by atoms with van der Waals surface area (Å²) >= 11 is 7.85. The molecule has 0 spiro atoms. The van der Waals surface area contributed by atoms with Gasteiger partial charge in [0.2, 0.25) is 4.77 Å². The van der Waals surface area contributed by atoms with Gasteiger partial charge in [0.1, 0.15) is 5.75 Å². The van der Waals surface area contributed by atoms with Crippen LogP contribution in [0.25, 0.3) is 0 Å². The molecule has 20 heavy (non-hydrogen) atoms. The van der Waals surface area contributed by atoms with Gasteiger partial charge in [-0.05, 0) is 30.4 Å². The van der Waals surface area contributed by atoms with Crippen molar-refractivity contribution in [2.24, 2.45) is 5.10 Å². The largest absolute Gasteiger partial charge is 0.507 e. The third-order valence-electron chi connectivity index (χ3n) is 2.21. The zero-order valence-corrected chi connectivity index (χ0v) is 11.9. The summed E-state index contributed by atoms with van der Waals surface area (Å²) in [5.41, 5.74) is 0.232. The Morgan fingerprint density at radius 1 is 1.45 bits per heavy atom. The molecule has 0 saturated carbocycles. The molecule has 0 amide bonds. The van der Waals surface area contributed by atoms with Gasteiger partial charge in [-0.1, -0.05) is 15.9 Å². The lowest BCUT2D eigenvalue weighted by Gasteiger charge is -2.04. The molecule has 2 rings (SSSR count). The highest BCUT2D eigenvalue weighted by atomic mass is 79.9. The number of benzene rings is 1. The minimum atomic E-state index is -4.69. The van der Waals surface area contributed by atoms with Crippen molar-refractivity contribution >= 4 is 34.4 Å². The molecule has 0 radical (unpaired) electrons. The SMILES string of the molecule is Oc1ccc(Br)cc1C=Nn1c(C(F)(F)F)n[nH]c1=S. The van der Waals surface area contributed by atoms with Gasteiger partial charge >= 0.3 is 6.18 Å². The van der Waals surface area contributed by atoms with Crippen molar-refractivity contribution < 1.29 is 18.3 Å². The Kier molecular flexibility index (Phi) is 3.95. The predicted molar refractivity (Wildman–Crippen MR) is 71.2 cm³/mol. The van der Waals surface area contributed by atoms with Crippen molar-refractivity contribution in [3.8, 4) is 5.75 Å². The van der Waals surface area contributed by atoms with Crippen LogP contribution in [0.2, 0.25) is 0 Å². The van der Waals surface area contributed by atoms with Crippen LogP contribution in [0.4, 0.5) is 13.2 Å². The number of phenolic OH excluding ortho intramolecular Hbond substituents is 1. The highest BCUT2D eigenvalue weighted by molar-refractivity contribution is 9.10. The fourth-order valence-corrected chi connectivity index (χ4v) is 1.89. The summed E-state index contributed by atoms with van der Waals surface area (Å²) in [6.45, 7) is 0. The second kappa shape index (κ2) is 5.37. The molecule has 106 valence electrons. The van der Waals surface area contributed by atoms with Gasteiger partial charge in [-0.2, -0.15) is 22.9 Å². The summed E-state index contributed by atoms with van der Waals surface area (Å²) in [6, 6.07) is 4.46. The van der Waals surface area contributed by atoms with E-state index in [2.05, 4.69) is 38.3 Å². The van der Waals surface area contributed by atoms with Crippen molar-refractivity contribution in [3.05, 3.63) is 38.8 Å². The Bertz CT molecular complexity index is 722. The monoisotopic (exact) mass is 366 g/mol. The zero-order chi connectivity index (χ0) is 14.9. The summed E-state index contributed by atoms with van der Waals surface area (Å²) in [7, 11) is 0. The van der Waals surface area contributed by atoms with E-state index in [1.807, 2.05) is 5.10 Å². The van der Waals surface area contributed by atoms with Crippen LogP contribution in [0.1, 0.15) is 11.4 Å². The van der Waals surface area contributed by atoms with Crippen LogP contribution in [0.15, 0.2) is 27.8 Å². The Morgan fingerprint density at radius 3 is 2.80 bits per heavy atom. The van der Waals surface area contributed by atoms with Gasteiger partial charge in [0.05, 0.1) is 6.21 Å². The molecule has 1 aromatic heterocycles. The molecule has 0 aliphatic carbocycles. The molecule has 0 atom stereocenters. The van der Waals surface area contributed by atoms with Crippen LogP contribution in [-0.4, -0.2) is 26.2 Å². The molecular weight excluding hydrogens is 361 g/mol. The lowest BCUT2D eigenvalue weighted by molar-refractivity contribution is -0.147. The number of halogens is 4. The van der Waals surface area contributed by atoms with Gasteiger partial charge in [-0.3, -0.25) is 0 Å². The summed E-state index contributed by atoms with van der Waals surface area (Å²) < 4.78 is 38.7. The molecule has 0 aliphatic rings. The standard InChI is InChI=1S/C10H6BrF3N4OS/c11-6-1-2-7(19)5(3-6)4-15-18-8(10(12,13)14)16-17-9(18)20/h1-4,19H,(H,17,20). The van der Waals surface area contributed by atoms with Crippen LogP contribution in [0.3, 0.4) is 0 Å². The quantitative estimate of drug-likeness (QED) is 0.632. The average Bonchev–Trinajstić information content (AvgIpc) is 2.72. The van der Waals surface area contributed by atoms with Crippen LogP contribution in [0.5, 0.6) is 5.75 Å². The smallest absolute Gasteiger partial charge is 0.453 e. The Balaban J connectivity index is 2.45. The number of aromatic nitrogens is 3. The van der Waals surface area contributed by atoms with Crippen molar-refractivity contribution in [3.63, 3.8) is 0 Å². The maximum atomic E-state index is 12.7. The van der Waals surface area contributed by atoms with E-state index in [1.165, 1.54) is 12.1 Å². The zero-order valence-electron chi connectivity index (χ0n) is 9.52. The average molecular weight is 367 g/mol. The third-order valence-corrected chi connectivity index (χ3v) is 2.96. The van der Waals surface area contributed by atoms with Gasteiger partial charge in [0, 0.05) is 10.0 Å². The molecule has 0 fully saturated rings. The van der Waals surface area contributed by atoms with E-state index >= 15 is 0 Å². The normalized spacial score (nSPS) is 12.2. The second-order valence-electron chi connectivity index (χ2n) is 3.61. The summed E-state index contributed by atoms with van der Waals surface area (Å²) in [5.74, 6) is -1.39. The number of hydrogen-bond acceptors (Lipinski definition) is 4. The Labute approximate surface area is 123 Å². The van der Waals surface area contributed by atoms with Gasteiger partial charge in [-0.15, -0.1) is 5.10 Å². The van der Waals surface area contributed by atoms with Crippen molar-refractivity contribution in [2.45, 2.75) is 6.18 Å². The fourth-order valence-electron chi connectivity index (χ4n) is 1.33. The molecule has 0 aliphatic heterocycles. The lowest BCUT2D eigenvalue weighted by Crippen LogP contribution is -2.12. The molecule has 1 aromatic carbocycles. The number of nitrogens with zero attached hydrogens (tertiary/aromatic N) is 3. The molecule has 0 unspecified atom stereocenters. The number of aromatic amines is 1. The predicted octanol–water partition coefficient (Wildman–Crippen LogP) is 3.31. The molecule has 0 bridgehead atoms. The summed E-state index contributed by atoms with van der Waals surface area (Å²) in [4.78, 5) is 0. The van der Waals surface area contributed by atoms with Gasteiger partial charge in [0.25, 0.3) is 5.82 Å². The van der Waals surface area contributed by atoms with Crippen molar-refractivity contribution in [2.75, 3.05) is 0 Å². The van der Waals surface area contributed by atoms with Crippen LogP contribution < -0.4 is 0 Å². The number of aromatic hydroxyl groups is 1. The number of H-pyrrole nitrogens is 1. The topological polar surface area (TPSA) is 66.2 Å². The number of nitrogens with one attached hydrogen (secondary N) is 1. The van der Waals surface area contributed by atoms with Crippen LogP contribution in [-0.2, 0) is 6.18 Å². The van der Waals surface area contributed by atoms with E-state index < -0.39 is 12.0 Å². The van der Waals surface area contributed by atoms with Gasteiger partial charge in [-0.25, -0.2) is 5.10 Å². The second-order valence-corrected chi connectivity index (χ2v) is 4.91. The fraction of sp³-hybridized carbons (Fsp3) is 0.100. The first kappa shape index (κ1) is 14.7. The van der Waals surface area contributed by atoms with E-state index in [-0.39, 0.29) is 16.1 Å². The van der Waals surface area contributed by atoms with E-state index in [0.717, 1.165) is 6.21 Å². The summed E-state index contributed by atoms with van der Waals surface area (Å²) in [5, 5.41) is 18.3. The maximum absolute atomic E-state index is 12.7. The van der Waals surface area contributed by atoms with E-state index in [4.69, 9.17) is 0 Å².